The monoisotopic (exact) mass is 335 g/mol. The van der Waals surface area contributed by atoms with Crippen LogP contribution in [-0.4, -0.2) is 15.9 Å². The Hall–Kier alpha value is -1.79. The highest BCUT2D eigenvalue weighted by molar-refractivity contribution is 9.10. The second-order valence-electron chi connectivity index (χ2n) is 3.79. The number of nitrogens with two attached hydrogens (primary N) is 1. The van der Waals surface area contributed by atoms with E-state index in [-0.39, 0.29) is 5.91 Å². The molecule has 1 heterocycles. The summed E-state index contributed by atoms with van der Waals surface area (Å²) < 4.78 is 0.754. The lowest BCUT2D eigenvalue weighted by molar-refractivity contribution is 0.102. The Morgan fingerprint density at radius 2 is 1.89 bits per heavy atom. The number of hydrogen-bond acceptors (Lipinski definition) is 3. The summed E-state index contributed by atoms with van der Waals surface area (Å²) in [7, 11) is 0. The molecule has 1 aromatic carbocycles. The minimum Gasteiger partial charge on any atom is -0.389 e. The molecule has 0 aliphatic carbocycles. The van der Waals surface area contributed by atoms with Crippen LogP contribution >= 0.6 is 28.1 Å². The lowest BCUT2D eigenvalue weighted by atomic mass is 10.2. The molecule has 2 aromatic rings. The van der Waals surface area contributed by atoms with Crippen molar-refractivity contribution >= 4 is 44.7 Å². The highest BCUT2D eigenvalue weighted by Crippen LogP contribution is 2.13. The van der Waals surface area contributed by atoms with Crippen LogP contribution in [0.25, 0.3) is 0 Å². The topological polar surface area (TPSA) is 68.0 Å². The predicted molar refractivity (Wildman–Crippen MR) is 82.2 cm³/mol. The third-order valence-corrected chi connectivity index (χ3v) is 3.06. The van der Waals surface area contributed by atoms with Crippen molar-refractivity contribution in [3.05, 3.63) is 58.3 Å². The van der Waals surface area contributed by atoms with E-state index in [0.717, 1.165) is 10.0 Å². The maximum atomic E-state index is 12.0. The molecule has 19 heavy (non-hydrogen) atoms. The van der Waals surface area contributed by atoms with Crippen LogP contribution in [0.2, 0.25) is 0 Å². The van der Waals surface area contributed by atoms with E-state index in [9.17, 15) is 4.79 Å². The van der Waals surface area contributed by atoms with Gasteiger partial charge in [-0.15, -0.1) is 0 Å². The van der Waals surface area contributed by atoms with Crippen LogP contribution in [0.4, 0.5) is 5.69 Å². The first-order chi connectivity index (χ1) is 9.06. The molecule has 96 valence electrons. The second-order valence-corrected chi connectivity index (χ2v) is 5.14. The quantitative estimate of drug-likeness (QED) is 0.846. The number of nitrogens with zero attached hydrogens (tertiary/aromatic N) is 1. The zero-order valence-electron chi connectivity index (χ0n) is 9.76. The number of nitrogens with one attached hydrogen (secondary N) is 1. The van der Waals surface area contributed by atoms with Crippen molar-refractivity contribution in [1.29, 1.82) is 0 Å². The van der Waals surface area contributed by atoms with Crippen LogP contribution in [0, 0.1) is 0 Å². The number of pyridine rings is 1. The third kappa shape index (κ3) is 3.59. The fourth-order valence-corrected chi connectivity index (χ4v) is 1.96. The highest BCUT2D eigenvalue weighted by Gasteiger charge is 2.07. The van der Waals surface area contributed by atoms with E-state index in [4.69, 9.17) is 18.0 Å². The summed E-state index contributed by atoms with van der Waals surface area (Å²) in [5, 5.41) is 2.77. The van der Waals surface area contributed by atoms with E-state index in [1.54, 1.807) is 36.5 Å². The van der Waals surface area contributed by atoms with Crippen LogP contribution in [0.5, 0.6) is 0 Å². The maximum absolute atomic E-state index is 12.0. The zero-order valence-corrected chi connectivity index (χ0v) is 12.2. The van der Waals surface area contributed by atoms with Gasteiger partial charge in [0.05, 0.1) is 5.56 Å². The molecular formula is C13H10BrN3OS. The molecule has 0 bridgehead atoms. The van der Waals surface area contributed by atoms with Crippen molar-refractivity contribution < 1.29 is 4.79 Å². The summed E-state index contributed by atoms with van der Waals surface area (Å²) in [4.78, 5) is 16.2. The lowest BCUT2D eigenvalue weighted by Crippen LogP contribution is -2.13. The molecule has 1 aromatic heterocycles. The van der Waals surface area contributed by atoms with Gasteiger partial charge in [0.25, 0.3) is 5.91 Å². The van der Waals surface area contributed by atoms with E-state index < -0.39 is 0 Å². The van der Waals surface area contributed by atoms with E-state index in [1.807, 2.05) is 0 Å². The van der Waals surface area contributed by atoms with Crippen molar-refractivity contribution in [3.8, 4) is 0 Å². The standard InChI is InChI=1S/C13H10BrN3OS/c14-10-5-9(6-16-7-10)13(18)17-11-3-1-8(2-4-11)12(15)19/h1-7H,(H2,15,19)(H,17,18). The summed E-state index contributed by atoms with van der Waals surface area (Å²) in [5.74, 6) is -0.225. The normalized spacial score (nSPS) is 9.95. The SMILES string of the molecule is NC(=S)c1ccc(NC(=O)c2cncc(Br)c2)cc1. The molecule has 0 saturated carbocycles. The maximum Gasteiger partial charge on any atom is 0.257 e. The van der Waals surface area contributed by atoms with Gasteiger partial charge >= 0.3 is 0 Å². The number of benzene rings is 1. The van der Waals surface area contributed by atoms with Gasteiger partial charge in [-0.3, -0.25) is 9.78 Å². The van der Waals surface area contributed by atoms with Gasteiger partial charge in [-0.1, -0.05) is 12.2 Å². The van der Waals surface area contributed by atoms with Crippen molar-refractivity contribution in [1.82, 2.24) is 4.98 Å². The molecule has 0 radical (unpaired) electrons. The smallest absolute Gasteiger partial charge is 0.257 e. The number of halogens is 1. The van der Waals surface area contributed by atoms with Gasteiger partial charge in [-0.2, -0.15) is 0 Å². The largest absolute Gasteiger partial charge is 0.389 e. The molecular weight excluding hydrogens is 326 g/mol. The van der Waals surface area contributed by atoms with Gasteiger partial charge in [0.15, 0.2) is 0 Å². The van der Waals surface area contributed by atoms with Crippen molar-refractivity contribution in [2.24, 2.45) is 5.73 Å². The second kappa shape index (κ2) is 5.90. The van der Waals surface area contributed by atoms with Gasteiger partial charge in [-0.05, 0) is 46.3 Å². The Bertz CT molecular complexity index is 628. The van der Waals surface area contributed by atoms with Gasteiger partial charge in [0.1, 0.15) is 4.99 Å². The van der Waals surface area contributed by atoms with E-state index in [2.05, 4.69) is 26.2 Å². The lowest BCUT2D eigenvalue weighted by Gasteiger charge is -2.06. The Balaban J connectivity index is 2.13. The van der Waals surface area contributed by atoms with Crippen LogP contribution in [-0.2, 0) is 0 Å². The molecule has 1 amide bonds. The Kier molecular flexibility index (Phi) is 4.24. The Morgan fingerprint density at radius 1 is 1.21 bits per heavy atom. The molecule has 0 aliphatic rings. The van der Waals surface area contributed by atoms with Crippen molar-refractivity contribution in [3.63, 3.8) is 0 Å². The first-order valence-corrected chi connectivity index (χ1v) is 6.58. The van der Waals surface area contributed by atoms with Gasteiger partial charge in [0.2, 0.25) is 0 Å². The number of carbonyl (C=O) groups excluding carboxylic acids is 1. The molecule has 3 N–H and O–H groups in total. The van der Waals surface area contributed by atoms with Crippen LogP contribution in [0.15, 0.2) is 47.2 Å². The number of anilines is 1. The third-order valence-electron chi connectivity index (χ3n) is 2.39. The number of hydrogen-bond donors (Lipinski definition) is 2. The summed E-state index contributed by atoms with van der Waals surface area (Å²) >= 11 is 8.13. The summed E-state index contributed by atoms with van der Waals surface area (Å²) in [6.45, 7) is 0. The number of aromatic nitrogens is 1. The summed E-state index contributed by atoms with van der Waals surface area (Å²) in [5.41, 5.74) is 7.42. The summed E-state index contributed by atoms with van der Waals surface area (Å²) in [6, 6.07) is 8.72. The van der Waals surface area contributed by atoms with Crippen molar-refractivity contribution in [2.45, 2.75) is 0 Å². The molecule has 0 fully saturated rings. The Labute approximate surface area is 124 Å². The number of amides is 1. The van der Waals surface area contributed by atoms with Gasteiger partial charge in [0, 0.05) is 28.1 Å². The minimum absolute atomic E-state index is 0.225. The molecule has 0 spiro atoms. The fourth-order valence-electron chi connectivity index (χ4n) is 1.46. The average molecular weight is 336 g/mol. The van der Waals surface area contributed by atoms with Crippen LogP contribution in [0.1, 0.15) is 15.9 Å². The van der Waals surface area contributed by atoms with E-state index in [0.29, 0.717) is 16.2 Å². The summed E-state index contributed by atoms with van der Waals surface area (Å²) in [6.07, 6.45) is 3.12. The molecule has 0 unspecified atom stereocenters. The first kappa shape index (κ1) is 13.6. The molecule has 0 atom stereocenters. The predicted octanol–water partition coefficient (Wildman–Crippen LogP) is 2.73. The number of thiocarbonyl (C=S) groups is 1. The molecule has 2 rings (SSSR count). The highest BCUT2D eigenvalue weighted by atomic mass is 79.9. The van der Waals surface area contributed by atoms with Gasteiger partial charge in [-0.25, -0.2) is 0 Å². The van der Waals surface area contributed by atoms with E-state index >= 15 is 0 Å². The Morgan fingerprint density at radius 3 is 2.47 bits per heavy atom. The molecule has 0 saturated heterocycles. The average Bonchev–Trinajstić information content (AvgIpc) is 2.39. The molecule has 0 aliphatic heterocycles. The van der Waals surface area contributed by atoms with Gasteiger partial charge < -0.3 is 11.1 Å². The number of rotatable bonds is 3. The zero-order chi connectivity index (χ0) is 13.8. The molecule has 4 nitrogen and oxygen atoms in total. The first-order valence-electron chi connectivity index (χ1n) is 5.38. The van der Waals surface area contributed by atoms with Crippen LogP contribution in [0.3, 0.4) is 0 Å². The molecule has 6 heteroatoms. The van der Waals surface area contributed by atoms with Crippen LogP contribution < -0.4 is 11.1 Å². The van der Waals surface area contributed by atoms with Crippen molar-refractivity contribution in [2.75, 3.05) is 5.32 Å². The number of carbonyl (C=O) groups is 1. The minimum atomic E-state index is -0.225. The fraction of sp³-hybridized carbons (Fsp3) is 0. The van der Waals surface area contributed by atoms with E-state index in [1.165, 1.54) is 6.20 Å².